The van der Waals surface area contributed by atoms with Crippen LogP contribution in [0.1, 0.15) is 41.4 Å². The molecule has 6 nitrogen and oxygen atoms in total. The van der Waals surface area contributed by atoms with Crippen LogP contribution in [0.2, 0.25) is 0 Å². The van der Waals surface area contributed by atoms with Gasteiger partial charge in [-0.3, -0.25) is 9.59 Å². The second-order valence-corrected chi connectivity index (χ2v) is 7.16. The fourth-order valence-electron chi connectivity index (χ4n) is 3.36. The molecule has 27 heavy (non-hydrogen) atoms. The lowest BCUT2D eigenvalue weighted by Gasteiger charge is -2.34. The molecule has 2 aromatic rings. The molecule has 1 aliphatic rings. The topological polar surface area (TPSA) is 65.6 Å². The van der Waals surface area contributed by atoms with E-state index in [1.54, 1.807) is 24.3 Å². The highest BCUT2D eigenvalue weighted by atomic mass is 16.5. The van der Waals surface area contributed by atoms with Crippen LogP contribution in [0.4, 0.5) is 0 Å². The number of nitrogens with zero attached hydrogens (tertiary/aromatic N) is 2. The summed E-state index contributed by atoms with van der Waals surface area (Å²) < 4.78 is 5.43. The maximum Gasteiger partial charge on any atom is 0.270 e. The van der Waals surface area contributed by atoms with Crippen LogP contribution in [0.5, 0.6) is 5.75 Å². The number of aromatic nitrogens is 1. The summed E-state index contributed by atoms with van der Waals surface area (Å²) >= 11 is 0. The van der Waals surface area contributed by atoms with Crippen molar-refractivity contribution >= 4 is 11.8 Å². The quantitative estimate of drug-likeness (QED) is 0.881. The van der Waals surface area contributed by atoms with Crippen LogP contribution in [0, 0.1) is 0 Å². The van der Waals surface area contributed by atoms with Crippen molar-refractivity contribution in [2.75, 3.05) is 33.3 Å². The van der Waals surface area contributed by atoms with Crippen molar-refractivity contribution in [3.05, 3.63) is 53.3 Å². The van der Waals surface area contributed by atoms with Crippen molar-refractivity contribution in [1.29, 1.82) is 0 Å². The standard InChI is InChI=1S/C21H27N3O3/c1-15(2)16-6-7-19(27-3)17(13-16)14-20(25)23-9-11-24(12-10-23)21(26)18-5-4-8-22-18/h4-8,13,15,22H,9-12,14H2,1-3H3. The van der Waals surface area contributed by atoms with E-state index in [1.807, 2.05) is 23.1 Å². The highest BCUT2D eigenvalue weighted by molar-refractivity contribution is 5.92. The van der Waals surface area contributed by atoms with E-state index in [2.05, 4.69) is 24.9 Å². The molecule has 1 saturated heterocycles. The normalized spacial score (nSPS) is 14.5. The molecule has 0 atom stereocenters. The van der Waals surface area contributed by atoms with E-state index in [-0.39, 0.29) is 11.8 Å². The summed E-state index contributed by atoms with van der Waals surface area (Å²) in [6, 6.07) is 9.62. The molecule has 0 aliphatic carbocycles. The lowest BCUT2D eigenvalue weighted by atomic mass is 9.98. The van der Waals surface area contributed by atoms with Gasteiger partial charge in [0.05, 0.1) is 13.5 Å². The van der Waals surface area contributed by atoms with Crippen molar-refractivity contribution in [3.8, 4) is 5.75 Å². The fraction of sp³-hybridized carbons (Fsp3) is 0.429. The molecule has 0 unspecified atom stereocenters. The van der Waals surface area contributed by atoms with E-state index in [4.69, 9.17) is 4.74 Å². The Bertz CT molecular complexity index is 791. The third kappa shape index (κ3) is 4.32. The number of methoxy groups -OCH3 is 1. The maximum atomic E-state index is 12.8. The summed E-state index contributed by atoms with van der Waals surface area (Å²) in [6.07, 6.45) is 2.06. The Kier molecular flexibility index (Phi) is 5.84. The van der Waals surface area contributed by atoms with Gasteiger partial charge >= 0.3 is 0 Å². The zero-order valence-corrected chi connectivity index (χ0v) is 16.2. The lowest BCUT2D eigenvalue weighted by molar-refractivity contribution is -0.131. The Morgan fingerprint density at radius 2 is 1.81 bits per heavy atom. The Balaban J connectivity index is 1.61. The molecule has 0 saturated carbocycles. The summed E-state index contributed by atoms with van der Waals surface area (Å²) in [7, 11) is 1.63. The summed E-state index contributed by atoms with van der Waals surface area (Å²) in [5.41, 5.74) is 2.70. The summed E-state index contributed by atoms with van der Waals surface area (Å²) in [5, 5.41) is 0. The Hall–Kier alpha value is -2.76. The lowest BCUT2D eigenvalue weighted by Crippen LogP contribution is -2.51. The zero-order chi connectivity index (χ0) is 19.4. The van der Waals surface area contributed by atoms with E-state index < -0.39 is 0 Å². The number of hydrogen-bond acceptors (Lipinski definition) is 3. The average molecular weight is 369 g/mol. The van der Waals surface area contributed by atoms with Crippen molar-refractivity contribution in [2.24, 2.45) is 0 Å². The van der Waals surface area contributed by atoms with Crippen LogP contribution < -0.4 is 4.74 Å². The third-order valence-corrected chi connectivity index (χ3v) is 5.06. The smallest absolute Gasteiger partial charge is 0.270 e. The number of carbonyl (C=O) groups is 2. The van der Waals surface area contributed by atoms with E-state index in [0.29, 0.717) is 44.2 Å². The van der Waals surface area contributed by atoms with E-state index in [0.717, 1.165) is 11.3 Å². The van der Waals surface area contributed by atoms with Crippen LogP contribution in [0.25, 0.3) is 0 Å². The molecule has 144 valence electrons. The van der Waals surface area contributed by atoms with E-state index in [1.165, 1.54) is 5.56 Å². The van der Waals surface area contributed by atoms with Gasteiger partial charge < -0.3 is 19.5 Å². The van der Waals surface area contributed by atoms with Crippen LogP contribution >= 0.6 is 0 Å². The molecule has 0 radical (unpaired) electrons. The first kappa shape index (κ1) is 19.0. The zero-order valence-electron chi connectivity index (χ0n) is 16.2. The molecule has 1 aromatic heterocycles. The first-order valence-electron chi connectivity index (χ1n) is 9.37. The minimum Gasteiger partial charge on any atom is -0.496 e. The fourth-order valence-corrected chi connectivity index (χ4v) is 3.36. The van der Waals surface area contributed by atoms with Crippen LogP contribution in [0.15, 0.2) is 36.5 Å². The average Bonchev–Trinajstić information content (AvgIpc) is 3.22. The number of aromatic amines is 1. The number of rotatable bonds is 5. The number of benzene rings is 1. The Morgan fingerprint density at radius 3 is 2.41 bits per heavy atom. The first-order chi connectivity index (χ1) is 13.0. The van der Waals surface area contributed by atoms with Crippen LogP contribution in [0.3, 0.4) is 0 Å². The monoisotopic (exact) mass is 369 g/mol. The van der Waals surface area contributed by atoms with Gasteiger partial charge in [0.2, 0.25) is 5.91 Å². The SMILES string of the molecule is COc1ccc(C(C)C)cc1CC(=O)N1CCN(C(=O)c2ccc[nH]2)CC1. The van der Waals surface area contributed by atoms with Gasteiger partial charge in [-0.15, -0.1) is 0 Å². The summed E-state index contributed by atoms with van der Waals surface area (Å²) in [4.78, 5) is 31.7. The second kappa shape index (κ2) is 8.29. The molecular weight excluding hydrogens is 342 g/mol. The molecule has 1 N–H and O–H groups in total. The van der Waals surface area contributed by atoms with Crippen LogP contribution in [-0.4, -0.2) is 59.9 Å². The number of ether oxygens (including phenoxy) is 1. The maximum absolute atomic E-state index is 12.8. The van der Waals surface area contributed by atoms with Gasteiger partial charge in [-0.25, -0.2) is 0 Å². The van der Waals surface area contributed by atoms with Crippen molar-refractivity contribution < 1.29 is 14.3 Å². The van der Waals surface area contributed by atoms with Crippen molar-refractivity contribution in [1.82, 2.24) is 14.8 Å². The molecule has 6 heteroatoms. The number of piperazine rings is 1. The summed E-state index contributed by atoms with van der Waals surface area (Å²) in [5.74, 6) is 1.19. The molecule has 0 bridgehead atoms. The number of amides is 2. The van der Waals surface area contributed by atoms with E-state index in [9.17, 15) is 9.59 Å². The predicted molar refractivity (Wildman–Crippen MR) is 104 cm³/mol. The number of hydrogen-bond donors (Lipinski definition) is 1. The van der Waals surface area contributed by atoms with Crippen molar-refractivity contribution in [3.63, 3.8) is 0 Å². The third-order valence-electron chi connectivity index (χ3n) is 5.06. The largest absolute Gasteiger partial charge is 0.496 e. The molecule has 3 rings (SSSR count). The molecule has 2 amide bonds. The molecule has 1 aliphatic heterocycles. The predicted octanol–water partition coefficient (Wildman–Crippen LogP) is 2.67. The molecule has 1 aromatic carbocycles. The van der Waals surface area contributed by atoms with Gasteiger partial charge in [0, 0.05) is 37.9 Å². The van der Waals surface area contributed by atoms with Crippen molar-refractivity contribution in [2.45, 2.75) is 26.2 Å². The van der Waals surface area contributed by atoms with Crippen LogP contribution in [-0.2, 0) is 11.2 Å². The van der Waals surface area contributed by atoms with Gasteiger partial charge in [0.1, 0.15) is 11.4 Å². The number of nitrogens with one attached hydrogen (secondary N) is 1. The highest BCUT2D eigenvalue weighted by Crippen LogP contribution is 2.25. The first-order valence-corrected chi connectivity index (χ1v) is 9.37. The van der Waals surface area contributed by atoms with Gasteiger partial charge in [0.25, 0.3) is 5.91 Å². The molecule has 1 fully saturated rings. The van der Waals surface area contributed by atoms with Gasteiger partial charge in [-0.05, 0) is 29.7 Å². The minimum absolute atomic E-state index is 0.0154. The Labute approximate surface area is 160 Å². The van der Waals surface area contributed by atoms with E-state index >= 15 is 0 Å². The second-order valence-electron chi connectivity index (χ2n) is 7.16. The van der Waals surface area contributed by atoms with Gasteiger partial charge in [0.15, 0.2) is 0 Å². The number of H-pyrrole nitrogens is 1. The Morgan fingerprint density at radius 1 is 1.11 bits per heavy atom. The minimum atomic E-state index is -0.0154. The molecule has 0 spiro atoms. The molecular formula is C21H27N3O3. The summed E-state index contributed by atoms with van der Waals surface area (Å²) in [6.45, 7) is 6.47. The van der Waals surface area contributed by atoms with Gasteiger partial charge in [-0.2, -0.15) is 0 Å². The van der Waals surface area contributed by atoms with Gasteiger partial charge in [-0.1, -0.05) is 26.0 Å². The molecule has 2 heterocycles. The number of carbonyl (C=O) groups excluding carboxylic acids is 2. The highest BCUT2D eigenvalue weighted by Gasteiger charge is 2.25.